The molecule has 2 aromatic carbocycles. The molecular formula is C26H30F6N2O3. The smallest absolute Gasteiger partial charge is 0.416 e. The molecular weight excluding hydrogens is 502 g/mol. The van der Waals surface area contributed by atoms with Gasteiger partial charge >= 0.3 is 18.4 Å². The van der Waals surface area contributed by atoms with Gasteiger partial charge in [-0.1, -0.05) is 37.3 Å². The number of hydrogen-bond donors (Lipinski definition) is 2. The summed E-state index contributed by atoms with van der Waals surface area (Å²) in [5.41, 5.74) is -3.37. The first-order chi connectivity index (χ1) is 17.1. The van der Waals surface area contributed by atoms with Crippen LogP contribution < -0.4 is 10.6 Å². The molecule has 0 bridgehead atoms. The highest BCUT2D eigenvalue weighted by Gasteiger charge is 2.54. The molecule has 2 N–H and O–H groups in total. The van der Waals surface area contributed by atoms with E-state index >= 15 is 0 Å². The summed E-state index contributed by atoms with van der Waals surface area (Å²) in [6.07, 6.45) is -9.13. The Morgan fingerprint density at radius 2 is 1.59 bits per heavy atom. The predicted octanol–water partition coefficient (Wildman–Crippen LogP) is 6.28. The SMILES string of the molecule is CC(COCNCC1(CCc2ccccc2)NC(=O)OC1(C)C)c1cc(C(F)(F)F)cc(C(F)(F)F)c1. The molecule has 0 saturated carbocycles. The number of halogens is 6. The van der Waals surface area contributed by atoms with E-state index in [2.05, 4.69) is 10.6 Å². The summed E-state index contributed by atoms with van der Waals surface area (Å²) in [5.74, 6) is -0.733. The first-order valence-electron chi connectivity index (χ1n) is 11.8. The number of benzene rings is 2. The Morgan fingerprint density at radius 1 is 1.00 bits per heavy atom. The van der Waals surface area contributed by atoms with E-state index in [0.717, 1.165) is 5.56 Å². The largest absolute Gasteiger partial charge is 0.441 e. The lowest BCUT2D eigenvalue weighted by atomic mass is 9.78. The fraction of sp³-hybridized carbons (Fsp3) is 0.500. The minimum atomic E-state index is -4.91. The summed E-state index contributed by atoms with van der Waals surface area (Å²) in [4.78, 5) is 12.1. The molecule has 1 fully saturated rings. The fourth-order valence-corrected chi connectivity index (χ4v) is 4.34. The molecule has 0 aromatic heterocycles. The lowest BCUT2D eigenvalue weighted by Gasteiger charge is -2.38. The average Bonchev–Trinajstić information content (AvgIpc) is 3.04. The number of rotatable bonds is 10. The molecule has 0 spiro atoms. The highest BCUT2D eigenvalue weighted by Crippen LogP contribution is 2.38. The van der Waals surface area contributed by atoms with Crippen molar-refractivity contribution in [3.05, 3.63) is 70.8 Å². The zero-order valence-electron chi connectivity index (χ0n) is 20.7. The monoisotopic (exact) mass is 532 g/mol. The molecule has 1 aliphatic rings. The van der Waals surface area contributed by atoms with Gasteiger partial charge in [-0.15, -0.1) is 0 Å². The molecule has 2 aromatic rings. The lowest BCUT2D eigenvalue weighted by Crippen LogP contribution is -2.60. The van der Waals surface area contributed by atoms with Gasteiger partial charge in [-0.25, -0.2) is 4.79 Å². The van der Waals surface area contributed by atoms with Gasteiger partial charge in [0, 0.05) is 12.5 Å². The second-order valence-corrected chi connectivity index (χ2v) is 9.77. The van der Waals surface area contributed by atoms with Crippen LogP contribution in [0.5, 0.6) is 0 Å². The molecule has 5 nitrogen and oxygen atoms in total. The maximum Gasteiger partial charge on any atom is 0.416 e. The Hall–Kier alpha value is -2.79. The quantitative estimate of drug-likeness (QED) is 0.215. The van der Waals surface area contributed by atoms with Gasteiger partial charge in [0.15, 0.2) is 0 Å². The molecule has 204 valence electrons. The molecule has 11 heteroatoms. The van der Waals surface area contributed by atoms with Gasteiger partial charge in [0.1, 0.15) is 5.60 Å². The normalized spacial score (nSPS) is 20.4. The standard InChI is InChI=1S/C26H30F6N2O3/c1-17(19-11-20(25(27,28)29)13-21(12-19)26(30,31)32)14-36-16-33-15-24(23(2,3)37-22(35)34-24)10-9-18-7-5-4-6-8-18/h4-8,11-13,17,33H,9-10,14-16H2,1-3H3,(H,34,35). The number of carbonyl (C=O) groups excluding carboxylic acids is 1. The van der Waals surface area contributed by atoms with Gasteiger partial charge in [0.25, 0.3) is 0 Å². The Kier molecular flexibility index (Phi) is 8.48. The molecule has 2 unspecified atom stereocenters. The molecule has 1 aliphatic heterocycles. The number of cyclic esters (lactones) is 1. The molecule has 0 aliphatic carbocycles. The molecule has 2 atom stereocenters. The number of ether oxygens (including phenoxy) is 2. The van der Waals surface area contributed by atoms with Crippen molar-refractivity contribution in [1.29, 1.82) is 0 Å². The molecule has 37 heavy (non-hydrogen) atoms. The van der Waals surface area contributed by atoms with Crippen LogP contribution >= 0.6 is 0 Å². The summed E-state index contributed by atoms with van der Waals surface area (Å²) in [5, 5.41) is 5.98. The van der Waals surface area contributed by atoms with Gasteiger partial charge in [-0.2, -0.15) is 26.3 Å². The fourth-order valence-electron chi connectivity index (χ4n) is 4.34. The topological polar surface area (TPSA) is 59.6 Å². The van der Waals surface area contributed by atoms with Crippen LogP contribution in [0.15, 0.2) is 48.5 Å². The maximum atomic E-state index is 13.1. The van der Waals surface area contributed by atoms with E-state index in [0.29, 0.717) is 25.0 Å². The van der Waals surface area contributed by atoms with Crippen LogP contribution in [-0.2, 0) is 28.2 Å². The molecule has 1 heterocycles. The first kappa shape index (κ1) is 28.8. The van der Waals surface area contributed by atoms with Crippen molar-refractivity contribution in [1.82, 2.24) is 10.6 Å². The van der Waals surface area contributed by atoms with Crippen molar-refractivity contribution < 1.29 is 40.6 Å². The number of aryl methyl sites for hydroxylation is 1. The van der Waals surface area contributed by atoms with Crippen LogP contribution in [0.1, 0.15) is 55.4 Å². The highest BCUT2D eigenvalue weighted by molar-refractivity contribution is 5.72. The molecule has 1 saturated heterocycles. The summed E-state index contributed by atoms with van der Waals surface area (Å²) in [6.45, 7) is 5.21. The van der Waals surface area contributed by atoms with E-state index in [4.69, 9.17) is 9.47 Å². The zero-order chi connectivity index (χ0) is 27.5. The minimum Gasteiger partial charge on any atom is -0.441 e. The van der Waals surface area contributed by atoms with Crippen LogP contribution in [0.4, 0.5) is 31.1 Å². The number of amides is 1. The Bertz CT molecular complexity index is 1040. The second-order valence-electron chi connectivity index (χ2n) is 9.77. The third-order valence-electron chi connectivity index (χ3n) is 6.70. The summed E-state index contributed by atoms with van der Waals surface area (Å²) >= 11 is 0. The van der Waals surface area contributed by atoms with Crippen LogP contribution in [0.3, 0.4) is 0 Å². The van der Waals surface area contributed by atoms with Crippen LogP contribution in [-0.4, -0.2) is 37.1 Å². The summed E-state index contributed by atoms with van der Waals surface area (Å²) < 4.78 is 89.9. The summed E-state index contributed by atoms with van der Waals surface area (Å²) in [7, 11) is 0. The van der Waals surface area contributed by atoms with Crippen molar-refractivity contribution in [2.75, 3.05) is 19.9 Å². The van der Waals surface area contributed by atoms with E-state index in [1.165, 1.54) is 6.92 Å². The first-order valence-corrected chi connectivity index (χ1v) is 11.8. The zero-order valence-corrected chi connectivity index (χ0v) is 20.7. The van der Waals surface area contributed by atoms with E-state index < -0.39 is 46.6 Å². The predicted molar refractivity (Wildman–Crippen MR) is 125 cm³/mol. The van der Waals surface area contributed by atoms with Crippen molar-refractivity contribution >= 4 is 6.09 Å². The molecule has 0 radical (unpaired) electrons. The summed E-state index contributed by atoms with van der Waals surface area (Å²) in [6, 6.07) is 11.2. The van der Waals surface area contributed by atoms with Crippen molar-refractivity contribution in [2.24, 2.45) is 0 Å². The molecule has 1 amide bonds. The van der Waals surface area contributed by atoms with E-state index in [-0.39, 0.29) is 31.5 Å². The number of nitrogens with one attached hydrogen (secondary N) is 2. The third-order valence-corrected chi connectivity index (χ3v) is 6.70. The Labute approximate surface area is 211 Å². The third kappa shape index (κ3) is 7.16. The second kappa shape index (κ2) is 10.9. The van der Waals surface area contributed by atoms with Crippen molar-refractivity contribution in [3.8, 4) is 0 Å². The molecule has 3 rings (SSSR count). The van der Waals surface area contributed by atoms with Gasteiger partial charge in [0.05, 0.1) is 30.0 Å². The number of alkyl halides is 6. The van der Waals surface area contributed by atoms with Crippen LogP contribution in [0.25, 0.3) is 0 Å². The van der Waals surface area contributed by atoms with Gasteiger partial charge in [-0.05, 0) is 56.0 Å². The Balaban J connectivity index is 1.61. The van der Waals surface area contributed by atoms with Gasteiger partial charge in [-0.3, -0.25) is 5.32 Å². The minimum absolute atomic E-state index is 0.0333. The van der Waals surface area contributed by atoms with E-state index in [1.54, 1.807) is 13.8 Å². The van der Waals surface area contributed by atoms with E-state index in [1.807, 2.05) is 30.3 Å². The van der Waals surface area contributed by atoms with Crippen LogP contribution in [0, 0.1) is 0 Å². The van der Waals surface area contributed by atoms with Gasteiger partial charge < -0.3 is 14.8 Å². The number of carbonyl (C=O) groups is 1. The van der Waals surface area contributed by atoms with Crippen molar-refractivity contribution in [2.45, 2.75) is 63.0 Å². The maximum absolute atomic E-state index is 13.1. The van der Waals surface area contributed by atoms with Crippen molar-refractivity contribution in [3.63, 3.8) is 0 Å². The Morgan fingerprint density at radius 3 is 2.11 bits per heavy atom. The number of alkyl carbamates (subject to hydrolysis) is 1. The van der Waals surface area contributed by atoms with Crippen LogP contribution in [0.2, 0.25) is 0 Å². The van der Waals surface area contributed by atoms with Gasteiger partial charge in [0.2, 0.25) is 0 Å². The number of hydrogen-bond acceptors (Lipinski definition) is 4. The average molecular weight is 533 g/mol. The van der Waals surface area contributed by atoms with E-state index in [9.17, 15) is 31.1 Å². The highest BCUT2D eigenvalue weighted by atomic mass is 19.4. The lowest BCUT2D eigenvalue weighted by molar-refractivity contribution is -0.143.